The summed E-state index contributed by atoms with van der Waals surface area (Å²) in [4.78, 5) is 24.7. The third-order valence-electron chi connectivity index (χ3n) is 4.03. The molecular weight excluding hydrogens is 328 g/mol. The first kappa shape index (κ1) is 18.7. The van der Waals surface area contributed by atoms with E-state index in [9.17, 15) is 9.59 Å². The highest BCUT2D eigenvalue weighted by Gasteiger charge is 2.27. The highest BCUT2D eigenvalue weighted by atomic mass is 16.5. The SMILES string of the molecule is COc1cc(OC)cc(OCCNC(=O)N2CCCC(C(=O)O)C2)c1. The number of likely N-dealkylation sites (tertiary alicyclic amines) is 1. The number of carbonyl (C=O) groups excluding carboxylic acids is 1. The van der Waals surface area contributed by atoms with Crippen LogP contribution in [0.4, 0.5) is 4.79 Å². The fraction of sp³-hybridized carbons (Fsp3) is 0.529. The van der Waals surface area contributed by atoms with Gasteiger partial charge in [-0.3, -0.25) is 4.79 Å². The first-order valence-corrected chi connectivity index (χ1v) is 8.15. The summed E-state index contributed by atoms with van der Waals surface area (Å²) in [6.45, 7) is 1.41. The van der Waals surface area contributed by atoms with E-state index < -0.39 is 11.9 Å². The van der Waals surface area contributed by atoms with Crippen LogP contribution >= 0.6 is 0 Å². The Morgan fingerprint density at radius 1 is 1.20 bits per heavy atom. The molecule has 1 aliphatic heterocycles. The molecule has 25 heavy (non-hydrogen) atoms. The predicted octanol–water partition coefficient (Wildman–Crippen LogP) is 1.59. The molecule has 0 aromatic heterocycles. The molecule has 138 valence electrons. The Hall–Kier alpha value is -2.64. The fourth-order valence-corrected chi connectivity index (χ4v) is 2.67. The molecule has 1 unspecified atom stereocenters. The van der Waals surface area contributed by atoms with E-state index in [4.69, 9.17) is 19.3 Å². The summed E-state index contributed by atoms with van der Waals surface area (Å²) in [6.07, 6.45) is 1.31. The molecule has 2 amide bonds. The van der Waals surface area contributed by atoms with E-state index in [1.165, 1.54) is 4.90 Å². The Morgan fingerprint density at radius 3 is 2.44 bits per heavy atom. The average Bonchev–Trinajstić information content (AvgIpc) is 2.64. The van der Waals surface area contributed by atoms with Crippen molar-refractivity contribution >= 4 is 12.0 Å². The van der Waals surface area contributed by atoms with Crippen LogP contribution < -0.4 is 19.5 Å². The maximum Gasteiger partial charge on any atom is 0.317 e. The van der Waals surface area contributed by atoms with E-state index in [2.05, 4.69) is 5.32 Å². The minimum absolute atomic E-state index is 0.245. The van der Waals surface area contributed by atoms with Crippen LogP contribution in [0.2, 0.25) is 0 Å². The van der Waals surface area contributed by atoms with Crippen molar-refractivity contribution in [3.63, 3.8) is 0 Å². The van der Waals surface area contributed by atoms with E-state index >= 15 is 0 Å². The van der Waals surface area contributed by atoms with Crippen molar-refractivity contribution in [2.75, 3.05) is 40.5 Å². The van der Waals surface area contributed by atoms with Gasteiger partial charge in [-0.05, 0) is 12.8 Å². The Labute approximate surface area is 146 Å². The second-order valence-electron chi connectivity index (χ2n) is 5.75. The average molecular weight is 352 g/mol. The van der Waals surface area contributed by atoms with Crippen LogP contribution in [-0.2, 0) is 4.79 Å². The lowest BCUT2D eigenvalue weighted by Crippen LogP contribution is -2.47. The highest BCUT2D eigenvalue weighted by Crippen LogP contribution is 2.27. The maximum absolute atomic E-state index is 12.1. The number of hydrogen-bond donors (Lipinski definition) is 2. The second-order valence-corrected chi connectivity index (χ2v) is 5.75. The lowest BCUT2D eigenvalue weighted by atomic mass is 9.99. The Morgan fingerprint density at radius 2 is 1.84 bits per heavy atom. The largest absolute Gasteiger partial charge is 0.496 e. The third-order valence-corrected chi connectivity index (χ3v) is 4.03. The van der Waals surface area contributed by atoms with Crippen molar-refractivity contribution in [2.24, 2.45) is 5.92 Å². The number of methoxy groups -OCH3 is 2. The van der Waals surface area contributed by atoms with Crippen molar-refractivity contribution in [3.8, 4) is 17.2 Å². The van der Waals surface area contributed by atoms with Crippen molar-refractivity contribution in [2.45, 2.75) is 12.8 Å². The summed E-state index contributed by atoms with van der Waals surface area (Å²) in [5.74, 6) is 0.472. The standard InChI is InChI=1S/C17H24N2O6/c1-23-13-8-14(24-2)10-15(9-13)25-7-5-18-17(22)19-6-3-4-12(11-19)16(20)21/h8-10,12H,3-7,11H2,1-2H3,(H,18,22)(H,20,21). The molecule has 0 spiro atoms. The number of rotatable bonds is 7. The Balaban J connectivity index is 1.77. The number of hydrogen-bond acceptors (Lipinski definition) is 5. The molecular formula is C17H24N2O6. The van der Waals surface area contributed by atoms with Gasteiger partial charge >= 0.3 is 12.0 Å². The zero-order chi connectivity index (χ0) is 18.2. The van der Waals surface area contributed by atoms with E-state index in [0.29, 0.717) is 43.2 Å². The molecule has 1 saturated heterocycles. The summed E-state index contributed by atoms with van der Waals surface area (Å²) in [6, 6.07) is 4.93. The van der Waals surface area contributed by atoms with E-state index in [1.54, 1.807) is 32.4 Å². The number of benzene rings is 1. The second kappa shape index (κ2) is 9.00. The van der Waals surface area contributed by atoms with Gasteiger partial charge in [-0.15, -0.1) is 0 Å². The smallest absolute Gasteiger partial charge is 0.317 e. The number of aliphatic carboxylic acids is 1. The van der Waals surface area contributed by atoms with Gasteiger partial charge in [0.15, 0.2) is 0 Å². The zero-order valence-corrected chi connectivity index (χ0v) is 14.5. The fourth-order valence-electron chi connectivity index (χ4n) is 2.67. The molecule has 0 bridgehead atoms. The molecule has 1 aliphatic rings. The van der Waals surface area contributed by atoms with Crippen LogP contribution in [0.5, 0.6) is 17.2 Å². The molecule has 1 heterocycles. The molecule has 8 heteroatoms. The third kappa shape index (κ3) is 5.44. The van der Waals surface area contributed by atoms with E-state index in [1.807, 2.05) is 0 Å². The number of nitrogens with zero attached hydrogens (tertiary/aromatic N) is 1. The quantitative estimate of drug-likeness (QED) is 0.723. The molecule has 0 saturated carbocycles. The molecule has 1 aromatic rings. The van der Waals surface area contributed by atoms with Crippen LogP contribution in [0.1, 0.15) is 12.8 Å². The predicted molar refractivity (Wildman–Crippen MR) is 90.4 cm³/mol. The number of urea groups is 1. The Kier molecular flexibility index (Phi) is 6.73. The van der Waals surface area contributed by atoms with Gasteiger partial charge in [-0.1, -0.05) is 0 Å². The lowest BCUT2D eigenvalue weighted by molar-refractivity contribution is -0.143. The first-order valence-electron chi connectivity index (χ1n) is 8.15. The number of ether oxygens (including phenoxy) is 3. The number of carboxylic acids is 1. The van der Waals surface area contributed by atoms with Gasteiger partial charge in [0.2, 0.25) is 0 Å². The summed E-state index contributed by atoms with van der Waals surface area (Å²) < 4.78 is 15.9. The molecule has 1 fully saturated rings. The monoisotopic (exact) mass is 352 g/mol. The van der Waals surface area contributed by atoms with Gasteiger partial charge in [0.1, 0.15) is 23.9 Å². The van der Waals surface area contributed by atoms with Crippen LogP contribution in [0, 0.1) is 5.92 Å². The van der Waals surface area contributed by atoms with Gasteiger partial charge in [0, 0.05) is 31.3 Å². The summed E-state index contributed by atoms with van der Waals surface area (Å²) in [5.41, 5.74) is 0. The number of amides is 2. The normalized spacial score (nSPS) is 16.9. The number of nitrogens with one attached hydrogen (secondary N) is 1. The summed E-state index contributed by atoms with van der Waals surface area (Å²) in [7, 11) is 3.11. The molecule has 0 radical (unpaired) electrons. The van der Waals surface area contributed by atoms with Gasteiger partial charge in [-0.2, -0.15) is 0 Å². The molecule has 2 N–H and O–H groups in total. The van der Waals surface area contributed by atoms with Crippen molar-refractivity contribution in [3.05, 3.63) is 18.2 Å². The van der Waals surface area contributed by atoms with Crippen LogP contribution in [0.25, 0.3) is 0 Å². The van der Waals surface area contributed by atoms with Crippen molar-refractivity contribution in [1.29, 1.82) is 0 Å². The maximum atomic E-state index is 12.1. The molecule has 0 aliphatic carbocycles. The van der Waals surface area contributed by atoms with Gasteiger partial charge < -0.3 is 29.5 Å². The Bertz CT molecular complexity index is 585. The van der Waals surface area contributed by atoms with Crippen LogP contribution in [-0.4, -0.2) is 62.5 Å². The lowest BCUT2D eigenvalue weighted by Gasteiger charge is -2.30. The minimum Gasteiger partial charge on any atom is -0.496 e. The van der Waals surface area contributed by atoms with E-state index in [0.717, 1.165) is 0 Å². The van der Waals surface area contributed by atoms with Gasteiger partial charge in [0.25, 0.3) is 0 Å². The molecule has 2 rings (SSSR count). The topological polar surface area (TPSA) is 97.3 Å². The van der Waals surface area contributed by atoms with E-state index in [-0.39, 0.29) is 19.2 Å². The zero-order valence-electron chi connectivity index (χ0n) is 14.5. The molecule has 8 nitrogen and oxygen atoms in total. The molecule has 1 atom stereocenters. The van der Waals surface area contributed by atoms with Crippen molar-refractivity contribution < 1.29 is 28.9 Å². The van der Waals surface area contributed by atoms with Crippen molar-refractivity contribution in [1.82, 2.24) is 10.2 Å². The number of carbonyl (C=O) groups is 2. The molecule has 1 aromatic carbocycles. The van der Waals surface area contributed by atoms with Crippen LogP contribution in [0.3, 0.4) is 0 Å². The summed E-state index contributed by atoms with van der Waals surface area (Å²) >= 11 is 0. The minimum atomic E-state index is -0.854. The first-order chi connectivity index (χ1) is 12.0. The van der Waals surface area contributed by atoms with Crippen LogP contribution in [0.15, 0.2) is 18.2 Å². The summed E-state index contributed by atoms with van der Waals surface area (Å²) in [5, 5.41) is 11.8. The van der Waals surface area contributed by atoms with Gasteiger partial charge in [0.05, 0.1) is 26.7 Å². The highest BCUT2D eigenvalue weighted by molar-refractivity contribution is 5.76. The number of carboxylic acid groups (broad SMARTS) is 1. The van der Waals surface area contributed by atoms with Gasteiger partial charge in [-0.25, -0.2) is 4.79 Å². The number of piperidine rings is 1.